The van der Waals surface area contributed by atoms with Crippen LogP contribution in [0.3, 0.4) is 0 Å². The number of nitrogens with one attached hydrogen (secondary N) is 2. The minimum Gasteiger partial charge on any atom is -0.507 e. The SMILES string of the molecule is N[C@@H]1C[C@H](N)CN(c2nc(Nc3ccc(NC(=O)c4ccccc4O)cc3)nc(N3C[C@H](N)C[C@H](N)C3)n2)C1. The molecule has 13 heteroatoms. The van der Waals surface area contributed by atoms with Crippen molar-refractivity contribution in [1.82, 2.24) is 15.0 Å². The van der Waals surface area contributed by atoms with Crippen molar-refractivity contribution in [2.75, 3.05) is 46.6 Å². The number of phenols is 1. The number of aromatic nitrogens is 3. The van der Waals surface area contributed by atoms with E-state index in [1.165, 1.54) is 6.07 Å². The molecular formula is C26H35N11O2. The Balaban J connectivity index is 1.37. The van der Waals surface area contributed by atoms with Gasteiger partial charge in [-0.2, -0.15) is 15.0 Å². The molecule has 2 aliphatic rings. The Hall–Kier alpha value is -4.04. The van der Waals surface area contributed by atoms with E-state index >= 15 is 0 Å². The van der Waals surface area contributed by atoms with Crippen LogP contribution in [0.15, 0.2) is 48.5 Å². The molecular weight excluding hydrogens is 498 g/mol. The Labute approximate surface area is 226 Å². The number of anilines is 5. The molecule has 3 heterocycles. The topological polar surface area (TPSA) is 211 Å². The quantitative estimate of drug-likeness (QED) is 0.228. The number of para-hydroxylation sites is 1. The van der Waals surface area contributed by atoms with Crippen LogP contribution >= 0.6 is 0 Å². The second kappa shape index (κ2) is 11.4. The van der Waals surface area contributed by atoms with Crippen LogP contribution in [0.5, 0.6) is 5.75 Å². The minimum atomic E-state index is -0.406. The summed E-state index contributed by atoms with van der Waals surface area (Å²) in [4.78, 5) is 30.6. The number of nitrogens with zero attached hydrogens (tertiary/aromatic N) is 5. The third-order valence-corrected chi connectivity index (χ3v) is 6.76. The fourth-order valence-electron chi connectivity index (χ4n) is 5.01. The predicted molar refractivity (Wildman–Crippen MR) is 151 cm³/mol. The van der Waals surface area contributed by atoms with Crippen molar-refractivity contribution in [2.45, 2.75) is 37.0 Å². The highest BCUT2D eigenvalue weighted by molar-refractivity contribution is 6.06. The molecule has 5 rings (SSSR count). The van der Waals surface area contributed by atoms with E-state index in [1.54, 1.807) is 42.5 Å². The zero-order valence-corrected chi connectivity index (χ0v) is 21.6. The van der Waals surface area contributed by atoms with Crippen LogP contribution in [0, 0.1) is 0 Å². The molecule has 2 aliphatic heterocycles. The van der Waals surface area contributed by atoms with Crippen LogP contribution in [0.4, 0.5) is 29.2 Å². The van der Waals surface area contributed by atoms with Gasteiger partial charge >= 0.3 is 0 Å². The summed E-state index contributed by atoms with van der Waals surface area (Å²) in [5, 5.41) is 16.0. The summed E-state index contributed by atoms with van der Waals surface area (Å²) in [5.74, 6) is 0.818. The van der Waals surface area contributed by atoms with Gasteiger partial charge in [-0.15, -0.1) is 0 Å². The summed E-state index contributed by atoms with van der Waals surface area (Å²) in [6.45, 7) is 2.34. The van der Waals surface area contributed by atoms with Gasteiger partial charge in [-0.1, -0.05) is 12.1 Å². The number of phenolic OH excluding ortho intramolecular Hbond substituents is 1. The standard InChI is InChI=1S/C26H35N11O2/c27-15-9-16(28)12-36(11-15)25-33-24(34-26(35-25)37-13-17(29)10-18(30)14-37)32-20-7-5-19(6-8-20)31-23(39)21-3-1-2-4-22(21)38/h1-8,15-18,38H,9-14,27-30H2,(H,31,39)(H,32,33,34,35)/t15-,16+,17-,18+. The van der Waals surface area contributed by atoms with Gasteiger partial charge in [0, 0.05) is 61.7 Å². The first-order valence-electron chi connectivity index (χ1n) is 13.0. The lowest BCUT2D eigenvalue weighted by molar-refractivity contribution is 0.102. The number of hydrogen-bond donors (Lipinski definition) is 7. The normalized spacial score (nSPS) is 23.4. The van der Waals surface area contributed by atoms with E-state index in [9.17, 15) is 9.90 Å². The van der Waals surface area contributed by atoms with E-state index in [2.05, 4.69) is 20.6 Å². The molecule has 4 atom stereocenters. The average Bonchev–Trinajstić information content (AvgIpc) is 2.89. The third kappa shape index (κ3) is 6.52. The summed E-state index contributed by atoms with van der Waals surface area (Å²) in [6, 6.07) is 13.1. The maximum Gasteiger partial charge on any atom is 0.259 e. The van der Waals surface area contributed by atoms with E-state index in [1.807, 2.05) is 9.80 Å². The van der Waals surface area contributed by atoms with Gasteiger partial charge in [0.25, 0.3) is 5.91 Å². The lowest BCUT2D eigenvalue weighted by Crippen LogP contribution is -2.54. The monoisotopic (exact) mass is 533 g/mol. The van der Waals surface area contributed by atoms with Gasteiger partial charge < -0.3 is 48.5 Å². The summed E-state index contributed by atoms with van der Waals surface area (Å²) >= 11 is 0. The number of carbonyl (C=O) groups is 1. The van der Waals surface area contributed by atoms with E-state index in [0.717, 1.165) is 12.8 Å². The van der Waals surface area contributed by atoms with E-state index in [-0.39, 0.29) is 35.5 Å². The smallest absolute Gasteiger partial charge is 0.259 e. The van der Waals surface area contributed by atoms with Crippen molar-refractivity contribution in [2.24, 2.45) is 22.9 Å². The van der Waals surface area contributed by atoms with Gasteiger partial charge in [-0.3, -0.25) is 4.79 Å². The highest BCUT2D eigenvalue weighted by Crippen LogP contribution is 2.25. The highest BCUT2D eigenvalue weighted by Gasteiger charge is 2.28. The molecule has 39 heavy (non-hydrogen) atoms. The van der Waals surface area contributed by atoms with Gasteiger partial charge in [-0.05, 0) is 49.2 Å². The molecule has 2 fully saturated rings. The molecule has 0 unspecified atom stereocenters. The van der Waals surface area contributed by atoms with Gasteiger partial charge in [0.1, 0.15) is 5.75 Å². The molecule has 1 amide bonds. The molecule has 0 radical (unpaired) electrons. The molecule has 11 N–H and O–H groups in total. The molecule has 0 aliphatic carbocycles. The maximum absolute atomic E-state index is 12.5. The second-order valence-electron chi connectivity index (χ2n) is 10.3. The van der Waals surface area contributed by atoms with Gasteiger partial charge in [0.05, 0.1) is 5.56 Å². The summed E-state index contributed by atoms with van der Waals surface area (Å²) in [6.07, 6.45) is 1.48. The summed E-state index contributed by atoms with van der Waals surface area (Å²) in [7, 11) is 0. The first-order valence-corrected chi connectivity index (χ1v) is 13.0. The molecule has 206 valence electrons. The number of hydrogen-bond acceptors (Lipinski definition) is 12. The second-order valence-corrected chi connectivity index (χ2v) is 10.3. The van der Waals surface area contributed by atoms with Crippen LogP contribution < -0.4 is 43.4 Å². The zero-order chi connectivity index (χ0) is 27.5. The van der Waals surface area contributed by atoms with Gasteiger partial charge in [0.15, 0.2) is 0 Å². The van der Waals surface area contributed by atoms with Crippen molar-refractivity contribution < 1.29 is 9.90 Å². The van der Waals surface area contributed by atoms with Crippen LogP contribution in [0.2, 0.25) is 0 Å². The third-order valence-electron chi connectivity index (χ3n) is 6.76. The summed E-state index contributed by atoms with van der Waals surface area (Å²) < 4.78 is 0. The lowest BCUT2D eigenvalue weighted by Gasteiger charge is -2.37. The fraction of sp³-hybridized carbons (Fsp3) is 0.385. The number of amides is 1. The zero-order valence-electron chi connectivity index (χ0n) is 21.6. The first kappa shape index (κ1) is 26.6. The molecule has 0 spiro atoms. The van der Waals surface area contributed by atoms with E-state index in [0.29, 0.717) is 55.4 Å². The van der Waals surface area contributed by atoms with Gasteiger partial charge in [0.2, 0.25) is 17.8 Å². The van der Waals surface area contributed by atoms with Crippen molar-refractivity contribution in [3.05, 3.63) is 54.1 Å². The Morgan fingerprint density at radius 3 is 1.74 bits per heavy atom. The Kier molecular flexibility index (Phi) is 7.74. The minimum absolute atomic E-state index is 0.0808. The lowest BCUT2D eigenvalue weighted by atomic mass is 10.0. The van der Waals surface area contributed by atoms with Gasteiger partial charge in [-0.25, -0.2) is 0 Å². The van der Waals surface area contributed by atoms with E-state index in [4.69, 9.17) is 27.9 Å². The molecule has 2 aromatic carbocycles. The summed E-state index contributed by atoms with van der Waals surface area (Å²) in [5.41, 5.74) is 26.4. The predicted octanol–water partition coefficient (Wildman–Crippen LogP) is 0.303. The van der Waals surface area contributed by atoms with Crippen molar-refractivity contribution >= 4 is 35.1 Å². The average molecular weight is 534 g/mol. The first-order chi connectivity index (χ1) is 18.7. The number of nitrogens with two attached hydrogens (primary N) is 4. The maximum atomic E-state index is 12.5. The molecule has 0 bridgehead atoms. The number of benzene rings is 2. The van der Waals surface area contributed by atoms with Crippen molar-refractivity contribution in [3.63, 3.8) is 0 Å². The Morgan fingerprint density at radius 1 is 0.744 bits per heavy atom. The number of rotatable bonds is 6. The Bertz CT molecular complexity index is 1240. The van der Waals surface area contributed by atoms with E-state index < -0.39 is 5.91 Å². The van der Waals surface area contributed by atoms with Crippen molar-refractivity contribution in [3.8, 4) is 5.75 Å². The fourth-order valence-corrected chi connectivity index (χ4v) is 5.01. The van der Waals surface area contributed by atoms with Crippen LogP contribution in [-0.2, 0) is 0 Å². The molecule has 0 saturated carbocycles. The molecule has 2 saturated heterocycles. The van der Waals surface area contributed by atoms with Crippen LogP contribution in [0.1, 0.15) is 23.2 Å². The molecule has 13 nitrogen and oxygen atoms in total. The Morgan fingerprint density at radius 2 is 1.23 bits per heavy atom. The molecule has 1 aromatic heterocycles. The van der Waals surface area contributed by atoms with Crippen LogP contribution in [-0.4, -0.2) is 76.3 Å². The van der Waals surface area contributed by atoms with Crippen LogP contribution in [0.25, 0.3) is 0 Å². The molecule has 3 aromatic rings. The van der Waals surface area contributed by atoms with Crippen molar-refractivity contribution in [1.29, 1.82) is 0 Å². The largest absolute Gasteiger partial charge is 0.507 e. The number of aromatic hydroxyl groups is 1. The number of piperidine rings is 2. The highest BCUT2D eigenvalue weighted by atomic mass is 16.3. The number of carbonyl (C=O) groups excluding carboxylic acids is 1.